The molecule has 0 spiro atoms. The molecule has 0 bridgehead atoms. The van der Waals surface area contributed by atoms with Gasteiger partial charge in [0, 0.05) is 25.7 Å². The second-order valence-electron chi connectivity index (χ2n) is 5.79. The maximum atomic E-state index is 12.6. The monoisotopic (exact) mass is 378 g/mol. The molecule has 0 unspecified atom stereocenters. The lowest BCUT2D eigenvalue weighted by Gasteiger charge is -2.15. The molecule has 0 aromatic heterocycles. The van der Waals surface area contributed by atoms with E-state index < -0.39 is 15.9 Å². The van der Waals surface area contributed by atoms with Crippen molar-refractivity contribution in [1.82, 2.24) is 4.31 Å². The highest BCUT2D eigenvalue weighted by Gasteiger charge is 2.21. The van der Waals surface area contributed by atoms with Crippen LogP contribution in [0.1, 0.15) is 15.9 Å². The molecule has 26 heavy (non-hydrogen) atoms. The number of nitrogens with one attached hydrogen (secondary N) is 1. The smallest absolute Gasteiger partial charge is 0.255 e. The van der Waals surface area contributed by atoms with Crippen molar-refractivity contribution in [3.8, 4) is 11.5 Å². The lowest BCUT2D eigenvalue weighted by atomic mass is 10.1. The number of amides is 1. The summed E-state index contributed by atoms with van der Waals surface area (Å²) in [4.78, 5) is 12.7. The third-order valence-corrected chi connectivity index (χ3v) is 5.82. The molecule has 1 amide bonds. The number of carbonyl (C=O) groups excluding carboxylic acids is 1. The van der Waals surface area contributed by atoms with Crippen molar-refractivity contribution in [2.24, 2.45) is 0 Å². The molecule has 0 saturated heterocycles. The van der Waals surface area contributed by atoms with Crippen LogP contribution in [0, 0.1) is 6.92 Å². The van der Waals surface area contributed by atoms with Crippen LogP contribution < -0.4 is 14.8 Å². The first kappa shape index (κ1) is 19.7. The Bertz CT molecular complexity index is 923. The van der Waals surface area contributed by atoms with Crippen LogP contribution in [0.25, 0.3) is 0 Å². The molecule has 7 nitrogen and oxygen atoms in total. The van der Waals surface area contributed by atoms with E-state index in [4.69, 9.17) is 9.47 Å². The van der Waals surface area contributed by atoms with E-state index in [-0.39, 0.29) is 10.5 Å². The molecular weight excluding hydrogens is 356 g/mol. The average molecular weight is 378 g/mol. The maximum Gasteiger partial charge on any atom is 0.255 e. The van der Waals surface area contributed by atoms with E-state index in [0.717, 1.165) is 4.31 Å². The number of ether oxygens (including phenoxy) is 2. The Morgan fingerprint density at radius 3 is 2.31 bits per heavy atom. The second-order valence-corrected chi connectivity index (χ2v) is 7.91. The molecule has 0 radical (unpaired) electrons. The molecule has 0 heterocycles. The number of rotatable bonds is 6. The summed E-state index contributed by atoms with van der Waals surface area (Å²) >= 11 is 0. The Labute approximate surface area is 153 Å². The Morgan fingerprint density at radius 2 is 1.73 bits per heavy atom. The minimum atomic E-state index is -3.65. The third-order valence-electron chi connectivity index (χ3n) is 3.86. The molecule has 2 aromatic rings. The number of aryl methyl sites for hydroxylation is 1. The van der Waals surface area contributed by atoms with Gasteiger partial charge in [-0.3, -0.25) is 4.79 Å². The third kappa shape index (κ3) is 3.97. The van der Waals surface area contributed by atoms with Gasteiger partial charge in [0.25, 0.3) is 5.91 Å². The van der Waals surface area contributed by atoms with Crippen LogP contribution in [0.2, 0.25) is 0 Å². The molecule has 2 rings (SSSR count). The number of sulfonamides is 1. The summed E-state index contributed by atoms with van der Waals surface area (Å²) in [6.45, 7) is 1.68. The number of hydrogen-bond acceptors (Lipinski definition) is 5. The van der Waals surface area contributed by atoms with Crippen molar-refractivity contribution in [3.05, 3.63) is 47.5 Å². The molecule has 0 atom stereocenters. The van der Waals surface area contributed by atoms with E-state index in [0.29, 0.717) is 22.7 Å². The van der Waals surface area contributed by atoms with Crippen LogP contribution in [0.3, 0.4) is 0 Å². The Morgan fingerprint density at radius 1 is 1.04 bits per heavy atom. The fraction of sp³-hybridized carbons (Fsp3) is 0.278. The molecule has 0 aliphatic carbocycles. The summed E-state index contributed by atoms with van der Waals surface area (Å²) in [7, 11) is 2.25. The summed E-state index contributed by atoms with van der Waals surface area (Å²) in [5.41, 5.74) is 1.21. The van der Waals surface area contributed by atoms with Crippen molar-refractivity contribution in [2.45, 2.75) is 11.8 Å². The predicted octanol–water partition coefficient (Wildman–Crippen LogP) is 2.51. The van der Waals surface area contributed by atoms with Gasteiger partial charge in [-0.15, -0.1) is 0 Å². The van der Waals surface area contributed by atoms with E-state index >= 15 is 0 Å². The molecule has 0 saturated carbocycles. The lowest BCUT2D eigenvalue weighted by Crippen LogP contribution is -2.23. The van der Waals surface area contributed by atoms with E-state index in [1.807, 2.05) is 0 Å². The van der Waals surface area contributed by atoms with Gasteiger partial charge in [0.15, 0.2) is 0 Å². The minimum absolute atomic E-state index is 0.0905. The van der Waals surface area contributed by atoms with Gasteiger partial charge in [0.2, 0.25) is 10.0 Å². The van der Waals surface area contributed by atoms with E-state index in [9.17, 15) is 13.2 Å². The van der Waals surface area contributed by atoms with Crippen molar-refractivity contribution in [3.63, 3.8) is 0 Å². The highest BCUT2D eigenvalue weighted by Crippen LogP contribution is 2.29. The van der Waals surface area contributed by atoms with Crippen molar-refractivity contribution in [2.75, 3.05) is 33.6 Å². The lowest BCUT2D eigenvalue weighted by molar-refractivity contribution is 0.102. The van der Waals surface area contributed by atoms with Gasteiger partial charge < -0.3 is 14.8 Å². The van der Waals surface area contributed by atoms with Crippen LogP contribution >= 0.6 is 0 Å². The van der Waals surface area contributed by atoms with Crippen molar-refractivity contribution < 1.29 is 22.7 Å². The van der Waals surface area contributed by atoms with E-state index in [1.165, 1.54) is 34.4 Å². The predicted molar refractivity (Wildman–Crippen MR) is 99.6 cm³/mol. The summed E-state index contributed by atoms with van der Waals surface area (Å²) in [5.74, 6) is 0.569. The molecule has 8 heteroatoms. The quantitative estimate of drug-likeness (QED) is 0.835. The van der Waals surface area contributed by atoms with Crippen LogP contribution in [-0.4, -0.2) is 46.9 Å². The number of carbonyl (C=O) groups is 1. The topological polar surface area (TPSA) is 84.9 Å². The van der Waals surface area contributed by atoms with Crippen molar-refractivity contribution >= 4 is 21.6 Å². The zero-order valence-corrected chi connectivity index (χ0v) is 16.2. The number of hydrogen-bond donors (Lipinski definition) is 1. The molecule has 0 aliphatic rings. The normalized spacial score (nSPS) is 11.3. The van der Waals surface area contributed by atoms with Crippen LogP contribution in [-0.2, 0) is 10.0 Å². The summed E-state index contributed by atoms with van der Waals surface area (Å²) < 4.78 is 36.4. The molecular formula is C18H22N2O5S. The summed E-state index contributed by atoms with van der Waals surface area (Å²) in [5, 5.41) is 2.73. The fourth-order valence-corrected chi connectivity index (χ4v) is 3.47. The SMILES string of the molecule is COc1ccc(OC)c(NC(=O)c2ccc(C)c(S(=O)(=O)N(C)C)c2)c1. The van der Waals surface area contributed by atoms with Crippen molar-refractivity contribution in [1.29, 1.82) is 0 Å². The summed E-state index contributed by atoms with van der Waals surface area (Å²) in [6, 6.07) is 9.56. The van der Waals surface area contributed by atoms with Gasteiger partial charge in [-0.25, -0.2) is 12.7 Å². The maximum absolute atomic E-state index is 12.6. The Hall–Kier alpha value is -2.58. The van der Waals surface area contributed by atoms with Crippen LogP contribution in [0.15, 0.2) is 41.3 Å². The van der Waals surface area contributed by atoms with Crippen LogP contribution in [0.4, 0.5) is 5.69 Å². The zero-order chi connectivity index (χ0) is 19.5. The fourth-order valence-electron chi connectivity index (χ4n) is 2.32. The highest BCUT2D eigenvalue weighted by atomic mass is 32.2. The molecule has 1 N–H and O–H groups in total. The average Bonchev–Trinajstić information content (AvgIpc) is 2.61. The Kier molecular flexibility index (Phi) is 5.89. The zero-order valence-electron chi connectivity index (χ0n) is 15.4. The number of benzene rings is 2. The standard InChI is InChI=1S/C18H22N2O5S/c1-12-6-7-13(10-17(12)26(22,23)20(2)3)18(21)19-15-11-14(24-4)8-9-16(15)25-5/h6-11H,1-5H3,(H,19,21). The number of nitrogens with zero attached hydrogens (tertiary/aromatic N) is 1. The largest absolute Gasteiger partial charge is 0.497 e. The number of anilines is 1. The highest BCUT2D eigenvalue weighted by molar-refractivity contribution is 7.89. The van der Waals surface area contributed by atoms with Gasteiger partial charge in [-0.05, 0) is 36.8 Å². The van der Waals surface area contributed by atoms with Crippen LogP contribution in [0.5, 0.6) is 11.5 Å². The molecule has 2 aromatic carbocycles. The van der Waals surface area contributed by atoms with Gasteiger partial charge >= 0.3 is 0 Å². The number of methoxy groups -OCH3 is 2. The first-order valence-electron chi connectivity index (χ1n) is 7.77. The van der Waals surface area contributed by atoms with E-state index in [2.05, 4.69) is 5.32 Å². The second kappa shape index (κ2) is 7.76. The molecule has 0 aliphatic heterocycles. The Balaban J connectivity index is 2.40. The van der Waals surface area contributed by atoms with Gasteiger partial charge in [0.1, 0.15) is 11.5 Å². The molecule has 140 valence electrons. The minimum Gasteiger partial charge on any atom is -0.497 e. The van der Waals surface area contributed by atoms with Gasteiger partial charge in [0.05, 0.1) is 24.8 Å². The summed E-state index contributed by atoms with van der Waals surface area (Å²) in [6.07, 6.45) is 0. The van der Waals surface area contributed by atoms with Gasteiger partial charge in [-0.1, -0.05) is 6.07 Å². The first-order chi connectivity index (χ1) is 12.2. The molecule has 0 fully saturated rings. The van der Waals surface area contributed by atoms with E-state index in [1.54, 1.807) is 37.3 Å². The first-order valence-corrected chi connectivity index (χ1v) is 9.21. The van der Waals surface area contributed by atoms with Gasteiger partial charge in [-0.2, -0.15) is 0 Å².